The molecule has 4 nitrogen and oxygen atoms in total. The molecule has 0 saturated heterocycles. The third-order valence-corrected chi connectivity index (χ3v) is 1.50. The van der Waals surface area contributed by atoms with Crippen molar-refractivity contribution in [1.29, 1.82) is 0 Å². The number of carbonyl (C=O) groups excluding carboxylic acids is 1. The summed E-state index contributed by atoms with van der Waals surface area (Å²) in [5, 5.41) is 5.15. The quantitative estimate of drug-likeness (QED) is 0.497. The van der Waals surface area contributed by atoms with Gasteiger partial charge in [-0.05, 0) is 12.9 Å². The average Bonchev–Trinajstić information content (AvgIpc) is 2.21. The highest BCUT2D eigenvalue weighted by molar-refractivity contribution is 5.77. The number of rotatable bonds is 8. The highest BCUT2D eigenvalue weighted by atomic mass is 16.1. The Morgan fingerprint density at radius 1 is 1.54 bits per heavy atom. The fraction of sp³-hybridized carbons (Fsp3) is 0.889. The molecule has 4 heteroatoms. The van der Waals surface area contributed by atoms with E-state index in [1.807, 2.05) is 6.92 Å². The molecule has 0 unspecified atom stereocenters. The molecule has 13 heavy (non-hydrogen) atoms. The molecule has 0 spiro atoms. The Bertz CT molecular complexity index is 188. The van der Waals surface area contributed by atoms with Crippen LogP contribution in [-0.4, -0.2) is 32.0 Å². The molecule has 0 fully saturated rings. The first-order chi connectivity index (χ1) is 7.02. The fourth-order valence-electron chi connectivity index (χ4n) is 0.770. The van der Waals surface area contributed by atoms with Gasteiger partial charge >= 0.3 is 0 Å². The lowest BCUT2D eigenvalue weighted by atomic mass is 10.2. The molecule has 0 bridgehead atoms. The molecule has 4 N–H and O–H groups in total. The summed E-state index contributed by atoms with van der Waals surface area (Å²) >= 11 is 0. The molecule has 0 rings (SSSR count). The van der Waals surface area contributed by atoms with Crippen LogP contribution in [-0.2, 0) is 4.79 Å². The molecule has 0 atom stereocenters. The maximum absolute atomic E-state index is 11.1. The van der Waals surface area contributed by atoms with Crippen LogP contribution in [0, 0.1) is 0 Å². The van der Waals surface area contributed by atoms with Gasteiger partial charge in [-0.15, -0.1) is 0 Å². The maximum Gasteiger partial charge on any atom is 0.234 e. The molecule has 0 heterocycles. The zero-order valence-electron chi connectivity index (χ0n) is 10.2. The Labute approximate surface area is 83.1 Å². The number of nitrogens with one attached hydrogen (secondary N) is 2. The predicted molar refractivity (Wildman–Crippen MR) is 54.5 cm³/mol. The Kier molecular flexibility index (Phi) is 6.54. The summed E-state index contributed by atoms with van der Waals surface area (Å²) < 4.78 is 15.1. The van der Waals surface area contributed by atoms with E-state index in [0.29, 0.717) is 19.5 Å². The molecule has 0 aliphatic carbocycles. The summed E-state index contributed by atoms with van der Waals surface area (Å²) in [6, 6.07) is 0. The summed E-state index contributed by atoms with van der Waals surface area (Å²) in [6.07, 6.45) is 2.18. The lowest BCUT2D eigenvalue weighted by molar-refractivity contribution is -0.120. The van der Waals surface area contributed by atoms with Crippen molar-refractivity contribution in [2.45, 2.75) is 26.2 Å². The topological polar surface area (TPSA) is 67.2 Å². The Morgan fingerprint density at radius 3 is 2.92 bits per heavy atom. The van der Waals surface area contributed by atoms with Crippen LogP contribution in [0.5, 0.6) is 0 Å². The molecular formula is C9H21N3O. The standard InChI is InChI=1S/C9H21N3O/c1-2-3-4-6-11-8-9(13)12-7-5-10/h11H,2-8,10H2,1H3,(H,12,13)/i6D2. The molecule has 0 aliphatic heterocycles. The maximum atomic E-state index is 11.1. The van der Waals surface area contributed by atoms with E-state index in [9.17, 15) is 4.79 Å². The first-order valence-corrected chi connectivity index (χ1v) is 4.73. The number of amides is 1. The number of nitrogens with two attached hydrogens (primary N) is 1. The van der Waals surface area contributed by atoms with Gasteiger partial charge in [-0.3, -0.25) is 4.79 Å². The van der Waals surface area contributed by atoms with Gasteiger partial charge in [-0.25, -0.2) is 0 Å². The SMILES string of the molecule is [2H]C([2H])(CCCC)NCC(=O)NCCN. The summed E-state index contributed by atoms with van der Waals surface area (Å²) in [5.74, 6) is -0.221. The smallest absolute Gasteiger partial charge is 0.234 e. The Hall–Kier alpha value is -0.610. The van der Waals surface area contributed by atoms with E-state index in [4.69, 9.17) is 8.48 Å². The summed E-state index contributed by atoms with van der Waals surface area (Å²) in [4.78, 5) is 11.1. The van der Waals surface area contributed by atoms with E-state index in [1.54, 1.807) is 0 Å². The minimum atomic E-state index is -1.46. The molecule has 0 aromatic carbocycles. The highest BCUT2D eigenvalue weighted by Gasteiger charge is 1.97. The van der Waals surface area contributed by atoms with E-state index < -0.39 is 6.50 Å². The van der Waals surface area contributed by atoms with E-state index in [0.717, 1.165) is 12.8 Å². The van der Waals surface area contributed by atoms with E-state index in [2.05, 4.69) is 10.6 Å². The van der Waals surface area contributed by atoms with Crippen LogP contribution in [0.3, 0.4) is 0 Å². The van der Waals surface area contributed by atoms with Crippen LogP contribution in [0.25, 0.3) is 0 Å². The van der Waals surface area contributed by atoms with Crippen molar-refractivity contribution in [3.63, 3.8) is 0 Å². The minimum absolute atomic E-state index is 0.00326. The third-order valence-electron chi connectivity index (χ3n) is 1.50. The van der Waals surface area contributed by atoms with Gasteiger partial charge in [0.1, 0.15) is 0 Å². The Morgan fingerprint density at radius 2 is 2.31 bits per heavy atom. The van der Waals surface area contributed by atoms with Crippen LogP contribution in [0.2, 0.25) is 0 Å². The van der Waals surface area contributed by atoms with Gasteiger partial charge < -0.3 is 16.4 Å². The third kappa shape index (κ3) is 9.30. The molecule has 1 amide bonds. The lowest BCUT2D eigenvalue weighted by Gasteiger charge is -2.04. The number of hydrogen-bond donors (Lipinski definition) is 3. The van der Waals surface area contributed by atoms with Crippen molar-refractivity contribution in [1.82, 2.24) is 10.6 Å². The van der Waals surface area contributed by atoms with Crippen LogP contribution in [0.1, 0.15) is 28.9 Å². The first-order valence-electron chi connectivity index (χ1n) is 5.73. The van der Waals surface area contributed by atoms with Crippen LogP contribution >= 0.6 is 0 Å². The zero-order valence-corrected chi connectivity index (χ0v) is 8.23. The second kappa shape index (κ2) is 9.48. The van der Waals surface area contributed by atoms with Gasteiger partial charge in [0, 0.05) is 15.8 Å². The van der Waals surface area contributed by atoms with Crippen molar-refractivity contribution < 1.29 is 7.54 Å². The zero-order chi connectivity index (χ0) is 11.7. The van der Waals surface area contributed by atoms with Gasteiger partial charge in [0.15, 0.2) is 0 Å². The molecule has 0 aliphatic rings. The second-order valence-corrected chi connectivity index (χ2v) is 2.77. The number of hydrogen-bond acceptors (Lipinski definition) is 3. The molecule has 0 radical (unpaired) electrons. The van der Waals surface area contributed by atoms with E-state index in [-0.39, 0.29) is 12.5 Å². The van der Waals surface area contributed by atoms with E-state index >= 15 is 0 Å². The van der Waals surface area contributed by atoms with Crippen LogP contribution in [0.15, 0.2) is 0 Å². The van der Waals surface area contributed by atoms with Gasteiger partial charge in [0.25, 0.3) is 0 Å². The molecule has 0 aromatic heterocycles. The molecule has 78 valence electrons. The van der Waals surface area contributed by atoms with Crippen molar-refractivity contribution in [2.75, 3.05) is 26.1 Å². The summed E-state index contributed by atoms with van der Waals surface area (Å²) in [7, 11) is 0. The van der Waals surface area contributed by atoms with Gasteiger partial charge in [-0.1, -0.05) is 19.8 Å². The summed E-state index contributed by atoms with van der Waals surface area (Å²) in [5.41, 5.74) is 5.22. The van der Waals surface area contributed by atoms with Gasteiger partial charge in [-0.2, -0.15) is 0 Å². The Balaban J connectivity index is 3.67. The molecule has 0 aromatic rings. The fourth-order valence-corrected chi connectivity index (χ4v) is 0.770. The van der Waals surface area contributed by atoms with E-state index in [1.165, 1.54) is 0 Å². The predicted octanol–water partition coefficient (Wildman–Crippen LogP) is -0.159. The van der Waals surface area contributed by atoms with Gasteiger partial charge in [0.2, 0.25) is 5.91 Å². The van der Waals surface area contributed by atoms with Gasteiger partial charge in [0.05, 0.1) is 6.54 Å². The molecule has 0 saturated carbocycles. The van der Waals surface area contributed by atoms with Crippen LogP contribution < -0.4 is 16.4 Å². The summed E-state index contributed by atoms with van der Waals surface area (Å²) in [6.45, 7) is 1.36. The minimum Gasteiger partial charge on any atom is -0.354 e. The lowest BCUT2D eigenvalue weighted by Crippen LogP contribution is -2.36. The normalized spacial score (nSPS) is 13.4. The number of unbranched alkanes of at least 4 members (excludes halogenated alkanes) is 1. The van der Waals surface area contributed by atoms with Crippen molar-refractivity contribution in [3.8, 4) is 0 Å². The van der Waals surface area contributed by atoms with Crippen molar-refractivity contribution in [3.05, 3.63) is 0 Å². The second-order valence-electron chi connectivity index (χ2n) is 2.77. The van der Waals surface area contributed by atoms with Crippen molar-refractivity contribution >= 4 is 5.91 Å². The highest BCUT2D eigenvalue weighted by Crippen LogP contribution is 1.90. The monoisotopic (exact) mass is 189 g/mol. The number of carbonyl (C=O) groups is 1. The van der Waals surface area contributed by atoms with Crippen molar-refractivity contribution in [2.24, 2.45) is 5.73 Å². The molecular weight excluding hydrogens is 166 g/mol. The average molecular weight is 189 g/mol. The van der Waals surface area contributed by atoms with Crippen LogP contribution in [0.4, 0.5) is 0 Å². The largest absolute Gasteiger partial charge is 0.354 e. The first kappa shape index (κ1) is 8.97.